The van der Waals surface area contributed by atoms with Crippen molar-refractivity contribution in [2.45, 2.75) is 6.42 Å². The van der Waals surface area contributed by atoms with Gasteiger partial charge in [0.05, 0.1) is 17.1 Å². The summed E-state index contributed by atoms with van der Waals surface area (Å²) < 4.78 is 0. The van der Waals surface area contributed by atoms with Gasteiger partial charge < -0.3 is 10.2 Å². The average molecular weight is 425 g/mol. The third-order valence-corrected chi connectivity index (χ3v) is 6.52. The molecule has 1 aromatic heterocycles. The fraction of sp³-hybridized carbons (Fsp3) is 0.211. The zero-order valence-electron chi connectivity index (χ0n) is 14.2. The first-order chi connectivity index (χ1) is 12.5. The third-order valence-electron chi connectivity index (χ3n) is 3.82. The number of carbonyl (C=O) groups excluding carboxylic acids is 1. The summed E-state index contributed by atoms with van der Waals surface area (Å²) in [4.78, 5) is 16.5. The Hall–Kier alpha value is -1.40. The molecule has 0 fully saturated rings. The third kappa shape index (κ3) is 5.30. The largest absolute Gasteiger partial charge is 0.370 e. The molecule has 3 nitrogen and oxygen atoms in total. The van der Waals surface area contributed by atoms with E-state index in [1.807, 2.05) is 54.9 Å². The summed E-state index contributed by atoms with van der Waals surface area (Å²) in [6, 6.07) is 9.57. The molecule has 0 unspecified atom stereocenters. The van der Waals surface area contributed by atoms with Crippen molar-refractivity contribution in [2.75, 3.05) is 29.6 Å². The Labute approximate surface area is 171 Å². The second-order valence-corrected chi connectivity index (χ2v) is 8.89. The van der Waals surface area contributed by atoms with Crippen LogP contribution in [0.25, 0.3) is 0 Å². The van der Waals surface area contributed by atoms with E-state index in [1.165, 1.54) is 4.91 Å². The van der Waals surface area contributed by atoms with Crippen LogP contribution < -0.4 is 10.2 Å². The number of amides is 1. The fourth-order valence-electron chi connectivity index (χ4n) is 2.47. The number of allylic oxidation sites excluding steroid dienone is 2. The lowest BCUT2D eigenvalue weighted by Crippen LogP contribution is -2.20. The Morgan fingerprint density at radius 2 is 2.12 bits per heavy atom. The lowest BCUT2D eigenvalue weighted by atomic mass is 10.2. The van der Waals surface area contributed by atoms with Crippen molar-refractivity contribution >= 4 is 63.6 Å². The molecule has 26 heavy (non-hydrogen) atoms. The summed E-state index contributed by atoms with van der Waals surface area (Å²) in [5.41, 5.74) is 1.62. The van der Waals surface area contributed by atoms with E-state index in [0.717, 1.165) is 27.9 Å². The minimum atomic E-state index is -0.0668. The van der Waals surface area contributed by atoms with Crippen molar-refractivity contribution in [3.63, 3.8) is 0 Å². The van der Waals surface area contributed by atoms with Crippen LogP contribution in [0.1, 0.15) is 4.88 Å². The van der Waals surface area contributed by atoms with E-state index in [-0.39, 0.29) is 5.91 Å². The van der Waals surface area contributed by atoms with Gasteiger partial charge in [-0.3, -0.25) is 4.79 Å². The predicted octanol–water partition coefficient (Wildman–Crippen LogP) is 5.77. The van der Waals surface area contributed by atoms with E-state index in [9.17, 15) is 4.79 Å². The highest BCUT2D eigenvalue weighted by molar-refractivity contribution is 8.03. The molecule has 2 aromatic rings. The molecule has 0 saturated heterocycles. The van der Waals surface area contributed by atoms with E-state index in [0.29, 0.717) is 17.1 Å². The van der Waals surface area contributed by atoms with E-state index in [4.69, 9.17) is 23.2 Å². The number of halogens is 2. The van der Waals surface area contributed by atoms with Gasteiger partial charge in [-0.1, -0.05) is 29.3 Å². The molecular weight excluding hydrogens is 407 g/mol. The summed E-state index contributed by atoms with van der Waals surface area (Å²) in [5.74, 6) is 0.750. The van der Waals surface area contributed by atoms with Crippen molar-refractivity contribution in [1.82, 2.24) is 0 Å². The summed E-state index contributed by atoms with van der Waals surface area (Å²) >= 11 is 15.7. The Bertz CT molecular complexity index is 847. The van der Waals surface area contributed by atoms with E-state index in [2.05, 4.69) is 10.2 Å². The fourth-order valence-corrected chi connectivity index (χ4v) is 4.49. The first kappa shape index (κ1) is 19.4. The van der Waals surface area contributed by atoms with Crippen LogP contribution in [0, 0.1) is 0 Å². The molecule has 1 amide bonds. The summed E-state index contributed by atoms with van der Waals surface area (Å²) in [7, 11) is 2.02. The lowest BCUT2D eigenvalue weighted by molar-refractivity contribution is -0.115. The molecule has 2 heterocycles. The monoisotopic (exact) mass is 424 g/mol. The number of hydrogen-bond acceptors (Lipinski definition) is 4. The first-order valence-corrected chi connectivity index (χ1v) is 10.6. The number of thioether (sulfide) groups is 1. The molecule has 0 aliphatic carbocycles. The highest BCUT2D eigenvalue weighted by atomic mass is 35.5. The number of likely N-dealkylation sites (N-methyl/N-ethyl adjacent to an activating group) is 1. The van der Waals surface area contributed by atoms with Crippen LogP contribution in [0.3, 0.4) is 0 Å². The maximum absolute atomic E-state index is 12.1. The SMILES string of the molecule is CN(CC1=CC=C(Cl)CS1)c1ccc(NC(=O)Cc2cccs2)c(Cl)c1. The number of thiophene rings is 1. The van der Waals surface area contributed by atoms with Gasteiger partial charge in [0.25, 0.3) is 0 Å². The van der Waals surface area contributed by atoms with Crippen molar-refractivity contribution in [3.05, 3.63) is 67.7 Å². The number of hydrogen-bond donors (Lipinski definition) is 1. The van der Waals surface area contributed by atoms with Crippen LogP contribution in [0.15, 0.2) is 57.8 Å². The molecule has 1 N–H and O–H groups in total. The quantitative estimate of drug-likeness (QED) is 0.638. The molecule has 0 radical (unpaired) electrons. The molecule has 0 spiro atoms. The van der Waals surface area contributed by atoms with Gasteiger partial charge in [0.2, 0.25) is 5.91 Å². The number of rotatable bonds is 6. The van der Waals surface area contributed by atoms with E-state index >= 15 is 0 Å². The number of anilines is 2. The Morgan fingerprint density at radius 1 is 1.27 bits per heavy atom. The summed E-state index contributed by atoms with van der Waals surface area (Å²) in [6.07, 6.45) is 4.35. The molecule has 7 heteroatoms. The number of benzene rings is 1. The first-order valence-electron chi connectivity index (χ1n) is 8.02. The van der Waals surface area contributed by atoms with Gasteiger partial charge in [-0.05, 0) is 41.8 Å². The zero-order chi connectivity index (χ0) is 18.5. The molecule has 1 aliphatic heterocycles. The second kappa shape index (κ2) is 9.00. The summed E-state index contributed by atoms with van der Waals surface area (Å²) in [5, 5.41) is 6.24. The standard InChI is InChI=1S/C19H18Cl2N2OS2/c1-23(11-16-6-4-13(20)12-26-16)14-5-7-18(17(21)9-14)22-19(24)10-15-3-2-8-25-15/h2-9H,10-12H2,1H3,(H,22,24). The van der Waals surface area contributed by atoms with Crippen LogP contribution >= 0.6 is 46.3 Å². The predicted molar refractivity (Wildman–Crippen MR) is 116 cm³/mol. The molecule has 0 atom stereocenters. The maximum atomic E-state index is 12.1. The number of nitrogens with one attached hydrogen (secondary N) is 1. The van der Waals surface area contributed by atoms with Crippen LogP contribution in [0.5, 0.6) is 0 Å². The van der Waals surface area contributed by atoms with E-state index < -0.39 is 0 Å². The minimum Gasteiger partial charge on any atom is -0.370 e. The molecule has 0 bridgehead atoms. The van der Waals surface area contributed by atoms with Crippen molar-refractivity contribution in [2.24, 2.45) is 0 Å². The Balaban J connectivity index is 1.62. The topological polar surface area (TPSA) is 32.3 Å². The van der Waals surface area contributed by atoms with Gasteiger partial charge in [0, 0.05) is 39.8 Å². The highest BCUT2D eigenvalue weighted by Crippen LogP contribution is 2.30. The molecule has 3 rings (SSSR count). The number of nitrogens with zero attached hydrogens (tertiary/aromatic N) is 1. The Kier molecular flexibility index (Phi) is 6.70. The van der Waals surface area contributed by atoms with Crippen LogP contribution in [0.4, 0.5) is 11.4 Å². The molecule has 136 valence electrons. The summed E-state index contributed by atoms with van der Waals surface area (Å²) in [6.45, 7) is 0.783. The Morgan fingerprint density at radius 3 is 2.77 bits per heavy atom. The van der Waals surface area contributed by atoms with Gasteiger partial charge in [0.1, 0.15) is 0 Å². The smallest absolute Gasteiger partial charge is 0.229 e. The van der Waals surface area contributed by atoms with Crippen LogP contribution in [-0.4, -0.2) is 25.3 Å². The lowest BCUT2D eigenvalue weighted by Gasteiger charge is -2.22. The second-order valence-electron chi connectivity index (χ2n) is 5.86. The van der Waals surface area contributed by atoms with Crippen molar-refractivity contribution < 1.29 is 4.79 Å². The van der Waals surface area contributed by atoms with Crippen molar-refractivity contribution in [1.29, 1.82) is 0 Å². The van der Waals surface area contributed by atoms with Gasteiger partial charge in [-0.15, -0.1) is 23.1 Å². The molecule has 0 saturated carbocycles. The van der Waals surface area contributed by atoms with Gasteiger partial charge in [0.15, 0.2) is 0 Å². The maximum Gasteiger partial charge on any atom is 0.229 e. The molecular formula is C19H18Cl2N2OS2. The van der Waals surface area contributed by atoms with E-state index in [1.54, 1.807) is 23.1 Å². The van der Waals surface area contributed by atoms with Crippen molar-refractivity contribution in [3.8, 4) is 0 Å². The van der Waals surface area contributed by atoms with Crippen LogP contribution in [-0.2, 0) is 11.2 Å². The average Bonchev–Trinajstić information content (AvgIpc) is 3.11. The highest BCUT2D eigenvalue weighted by Gasteiger charge is 2.12. The van der Waals surface area contributed by atoms with Gasteiger partial charge in [-0.2, -0.15) is 0 Å². The normalized spacial score (nSPS) is 13.8. The van der Waals surface area contributed by atoms with Gasteiger partial charge in [-0.25, -0.2) is 0 Å². The molecule has 1 aromatic carbocycles. The van der Waals surface area contributed by atoms with Crippen LogP contribution in [0.2, 0.25) is 5.02 Å². The zero-order valence-corrected chi connectivity index (χ0v) is 17.3. The minimum absolute atomic E-state index is 0.0668. The molecule has 1 aliphatic rings. The van der Waals surface area contributed by atoms with Gasteiger partial charge >= 0.3 is 0 Å². The number of carbonyl (C=O) groups is 1.